The van der Waals surface area contributed by atoms with Crippen molar-refractivity contribution in [3.63, 3.8) is 0 Å². The summed E-state index contributed by atoms with van der Waals surface area (Å²) in [4.78, 5) is 16.0. The Kier molecular flexibility index (Phi) is 4.37. The number of carbonyl (C=O) groups excluding carboxylic acids is 1. The molecule has 1 aromatic carbocycles. The molecule has 6 heteroatoms. The smallest absolute Gasteiger partial charge is 0.237 e. The van der Waals surface area contributed by atoms with E-state index in [-0.39, 0.29) is 11.3 Å². The number of hydrogen-bond acceptors (Lipinski definition) is 4. The molecule has 0 saturated heterocycles. The first kappa shape index (κ1) is 15.2. The van der Waals surface area contributed by atoms with Crippen LogP contribution in [0.2, 0.25) is 0 Å². The molecule has 0 saturated carbocycles. The molecule has 2 aromatic rings. The highest BCUT2D eigenvalue weighted by Gasteiger charge is 2.27. The average molecular weight is 287 g/mol. The van der Waals surface area contributed by atoms with Crippen molar-refractivity contribution < 1.29 is 4.79 Å². The third kappa shape index (κ3) is 3.66. The number of nitrogens with one attached hydrogen (secondary N) is 1. The van der Waals surface area contributed by atoms with E-state index in [1.807, 2.05) is 45.0 Å². The molecule has 112 valence electrons. The van der Waals surface area contributed by atoms with Crippen molar-refractivity contribution in [2.45, 2.75) is 33.4 Å². The minimum absolute atomic E-state index is 0.157. The normalized spacial score (nSPS) is 13.0. The van der Waals surface area contributed by atoms with E-state index in [4.69, 9.17) is 5.73 Å². The maximum Gasteiger partial charge on any atom is 0.237 e. The van der Waals surface area contributed by atoms with Crippen LogP contribution in [0.3, 0.4) is 0 Å². The predicted molar refractivity (Wildman–Crippen MR) is 80.6 cm³/mol. The number of rotatable bonds is 4. The van der Waals surface area contributed by atoms with E-state index in [0.717, 1.165) is 11.3 Å². The summed E-state index contributed by atoms with van der Waals surface area (Å²) in [7, 11) is 0. The molecule has 1 atom stereocenters. The Balaban J connectivity index is 2.10. The summed E-state index contributed by atoms with van der Waals surface area (Å²) < 4.78 is 1.67. The van der Waals surface area contributed by atoms with Gasteiger partial charge < -0.3 is 11.1 Å². The van der Waals surface area contributed by atoms with Gasteiger partial charge >= 0.3 is 0 Å². The molecular formula is C15H21N5O. The van der Waals surface area contributed by atoms with E-state index in [1.54, 1.807) is 11.0 Å². The summed E-state index contributed by atoms with van der Waals surface area (Å²) in [5, 5.41) is 7.00. The highest BCUT2D eigenvalue weighted by atomic mass is 16.2. The lowest BCUT2D eigenvalue weighted by Gasteiger charge is -2.26. The number of benzene rings is 1. The van der Waals surface area contributed by atoms with Crippen LogP contribution in [0.4, 0.5) is 0 Å². The van der Waals surface area contributed by atoms with E-state index >= 15 is 0 Å². The Bertz CT molecular complexity index is 601. The fourth-order valence-electron chi connectivity index (χ4n) is 1.90. The second-order valence-electron chi connectivity index (χ2n) is 6.03. The van der Waals surface area contributed by atoms with Crippen LogP contribution >= 0.6 is 0 Å². The van der Waals surface area contributed by atoms with Gasteiger partial charge in [0.15, 0.2) is 0 Å². The third-order valence-electron chi connectivity index (χ3n) is 3.33. The number of amides is 1. The molecule has 0 radical (unpaired) electrons. The van der Waals surface area contributed by atoms with Gasteiger partial charge in [-0.05, 0) is 17.0 Å². The SMILES string of the molecule is CC(C)(C)[C@H](N)C(=O)NCc1ccccc1-n1cncn1. The number of aromatic nitrogens is 3. The number of carbonyl (C=O) groups is 1. The minimum Gasteiger partial charge on any atom is -0.351 e. The maximum atomic E-state index is 12.1. The predicted octanol–water partition coefficient (Wildman–Crippen LogP) is 1.26. The van der Waals surface area contributed by atoms with Crippen LogP contribution in [0.15, 0.2) is 36.9 Å². The Hall–Kier alpha value is -2.21. The van der Waals surface area contributed by atoms with Crippen molar-refractivity contribution in [3.05, 3.63) is 42.5 Å². The molecule has 1 aromatic heterocycles. The molecule has 0 unspecified atom stereocenters. The van der Waals surface area contributed by atoms with Gasteiger partial charge in [0.1, 0.15) is 12.7 Å². The molecule has 0 bridgehead atoms. The lowest BCUT2D eigenvalue weighted by Crippen LogP contribution is -2.48. The largest absolute Gasteiger partial charge is 0.351 e. The van der Waals surface area contributed by atoms with Crippen LogP contribution in [0.1, 0.15) is 26.3 Å². The van der Waals surface area contributed by atoms with Crippen molar-refractivity contribution in [2.24, 2.45) is 11.1 Å². The molecule has 6 nitrogen and oxygen atoms in total. The number of nitrogens with two attached hydrogens (primary N) is 1. The first-order chi connectivity index (χ1) is 9.89. The molecule has 2 rings (SSSR count). The zero-order valence-electron chi connectivity index (χ0n) is 12.6. The molecule has 0 aliphatic heterocycles. The lowest BCUT2D eigenvalue weighted by atomic mass is 9.87. The molecule has 3 N–H and O–H groups in total. The van der Waals surface area contributed by atoms with Gasteiger partial charge in [0.05, 0.1) is 11.7 Å². The third-order valence-corrected chi connectivity index (χ3v) is 3.33. The number of nitrogens with zero attached hydrogens (tertiary/aromatic N) is 3. The Morgan fingerprint density at radius 1 is 1.38 bits per heavy atom. The highest BCUT2D eigenvalue weighted by molar-refractivity contribution is 5.82. The Morgan fingerprint density at radius 3 is 2.71 bits per heavy atom. The van der Waals surface area contributed by atoms with E-state index in [1.165, 1.54) is 6.33 Å². The van der Waals surface area contributed by atoms with Crippen LogP contribution < -0.4 is 11.1 Å². The van der Waals surface area contributed by atoms with Crippen LogP contribution in [0.5, 0.6) is 0 Å². The summed E-state index contributed by atoms with van der Waals surface area (Å²) in [5.41, 5.74) is 7.53. The van der Waals surface area contributed by atoms with E-state index in [0.29, 0.717) is 6.54 Å². The van der Waals surface area contributed by atoms with Gasteiger partial charge in [-0.25, -0.2) is 9.67 Å². The maximum absolute atomic E-state index is 12.1. The van der Waals surface area contributed by atoms with Crippen molar-refractivity contribution in [2.75, 3.05) is 0 Å². The molecule has 0 fully saturated rings. The van der Waals surface area contributed by atoms with Crippen molar-refractivity contribution in [1.29, 1.82) is 0 Å². The van der Waals surface area contributed by atoms with Crippen molar-refractivity contribution in [1.82, 2.24) is 20.1 Å². The number of hydrogen-bond donors (Lipinski definition) is 2. The van der Waals surface area contributed by atoms with Crippen LogP contribution in [-0.2, 0) is 11.3 Å². The highest BCUT2D eigenvalue weighted by Crippen LogP contribution is 2.18. The van der Waals surface area contributed by atoms with Crippen LogP contribution in [-0.4, -0.2) is 26.7 Å². The van der Waals surface area contributed by atoms with Crippen LogP contribution in [0, 0.1) is 5.41 Å². The van der Waals surface area contributed by atoms with Gasteiger partial charge in [-0.3, -0.25) is 4.79 Å². The van der Waals surface area contributed by atoms with Gasteiger partial charge in [-0.1, -0.05) is 39.0 Å². The average Bonchev–Trinajstić information content (AvgIpc) is 2.97. The summed E-state index contributed by atoms with van der Waals surface area (Å²) in [6.45, 7) is 6.24. The first-order valence-corrected chi connectivity index (χ1v) is 6.86. The second-order valence-corrected chi connectivity index (χ2v) is 6.03. The van der Waals surface area contributed by atoms with E-state index in [9.17, 15) is 4.79 Å². The Labute approximate surface area is 124 Å². The summed E-state index contributed by atoms with van der Waals surface area (Å²) in [6.07, 6.45) is 3.10. The van der Waals surface area contributed by atoms with Crippen molar-refractivity contribution >= 4 is 5.91 Å². The number of para-hydroxylation sites is 1. The van der Waals surface area contributed by atoms with E-state index < -0.39 is 6.04 Å². The molecule has 0 aliphatic carbocycles. The van der Waals surface area contributed by atoms with Crippen LogP contribution in [0.25, 0.3) is 5.69 Å². The monoisotopic (exact) mass is 287 g/mol. The first-order valence-electron chi connectivity index (χ1n) is 6.86. The topological polar surface area (TPSA) is 85.8 Å². The summed E-state index contributed by atoms with van der Waals surface area (Å²) >= 11 is 0. The molecule has 1 amide bonds. The van der Waals surface area contributed by atoms with E-state index in [2.05, 4.69) is 15.4 Å². The van der Waals surface area contributed by atoms with Crippen molar-refractivity contribution in [3.8, 4) is 5.69 Å². The summed E-state index contributed by atoms with van der Waals surface area (Å²) in [6, 6.07) is 7.17. The van der Waals surface area contributed by atoms with Gasteiger partial charge in [0.2, 0.25) is 5.91 Å². The standard InChI is InChI=1S/C15H21N5O/c1-15(2,3)13(16)14(21)18-8-11-6-4-5-7-12(11)20-10-17-9-19-20/h4-7,9-10,13H,8,16H2,1-3H3,(H,18,21)/t13-/m1/s1. The summed E-state index contributed by atoms with van der Waals surface area (Å²) in [5.74, 6) is -0.157. The minimum atomic E-state index is -0.545. The zero-order chi connectivity index (χ0) is 15.5. The van der Waals surface area contributed by atoms with Gasteiger partial charge in [0.25, 0.3) is 0 Å². The lowest BCUT2D eigenvalue weighted by molar-refractivity contribution is -0.124. The molecular weight excluding hydrogens is 266 g/mol. The molecule has 1 heterocycles. The quantitative estimate of drug-likeness (QED) is 0.886. The van der Waals surface area contributed by atoms with Gasteiger partial charge in [0, 0.05) is 6.54 Å². The zero-order valence-corrected chi connectivity index (χ0v) is 12.6. The Morgan fingerprint density at radius 2 is 2.10 bits per heavy atom. The van der Waals surface area contributed by atoms with Gasteiger partial charge in [-0.2, -0.15) is 5.10 Å². The fraction of sp³-hybridized carbons (Fsp3) is 0.400. The molecule has 21 heavy (non-hydrogen) atoms. The fourth-order valence-corrected chi connectivity index (χ4v) is 1.90. The molecule has 0 spiro atoms. The second kappa shape index (κ2) is 6.05. The molecule has 0 aliphatic rings. The van der Waals surface area contributed by atoms with Gasteiger partial charge in [-0.15, -0.1) is 0 Å².